The van der Waals surface area contributed by atoms with Crippen molar-refractivity contribution in [2.45, 2.75) is 26.0 Å². The van der Waals surface area contributed by atoms with E-state index in [9.17, 15) is 18.3 Å². The molecule has 0 aromatic heterocycles. The monoisotopic (exact) mass is 335 g/mol. The standard InChI is InChI=1S/C19H20F3NO/c20-17-8-16(19(22)18(21)9-17)11-23-5-4-14(10-23)6-13-2-1-3-15(7-13)12-24/h1-3,7-9,14,24H,4-6,10-12H2. The Morgan fingerprint density at radius 2 is 1.88 bits per heavy atom. The van der Waals surface area contributed by atoms with Crippen molar-refractivity contribution in [3.8, 4) is 0 Å². The van der Waals surface area contributed by atoms with Crippen LogP contribution in [0.5, 0.6) is 0 Å². The lowest BCUT2D eigenvalue weighted by molar-refractivity contribution is 0.281. The van der Waals surface area contributed by atoms with Gasteiger partial charge in [0.1, 0.15) is 5.82 Å². The van der Waals surface area contributed by atoms with Crippen LogP contribution < -0.4 is 0 Å². The van der Waals surface area contributed by atoms with Crippen LogP contribution in [0.15, 0.2) is 36.4 Å². The highest BCUT2D eigenvalue weighted by molar-refractivity contribution is 5.24. The molecule has 1 fully saturated rings. The average Bonchev–Trinajstić information content (AvgIpc) is 2.99. The van der Waals surface area contributed by atoms with E-state index in [1.165, 1.54) is 0 Å². The number of nitrogens with zero attached hydrogens (tertiary/aromatic N) is 1. The number of hydrogen-bond acceptors (Lipinski definition) is 2. The molecule has 1 N–H and O–H groups in total. The van der Waals surface area contributed by atoms with E-state index in [1.807, 2.05) is 29.2 Å². The third-order valence-corrected chi connectivity index (χ3v) is 4.53. The second-order valence-electron chi connectivity index (χ2n) is 6.43. The third-order valence-electron chi connectivity index (χ3n) is 4.53. The minimum Gasteiger partial charge on any atom is -0.392 e. The normalized spacial score (nSPS) is 18.2. The molecule has 1 aliphatic heterocycles. The predicted molar refractivity (Wildman–Crippen MR) is 85.8 cm³/mol. The van der Waals surface area contributed by atoms with Crippen molar-refractivity contribution in [1.82, 2.24) is 4.90 Å². The Balaban J connectivity index is 1.61. The summed E-state index contributed by atoms with van der Waals surface area (Å²) in [5.74, 6) is -2.43. The SMILES string of the molecule is OCc1cccc(CC2CCN(Cc3cc(F)cc(F)c3F)C2)c1. The van der Waals surface area contributed by atoms with E-state index in [0.29, 0.717) is 12.0 Å². The van der Waals surface area contributed by atoms with Crippen molar-refractivity contribution in [3.63, 3.8) is 0 Å². The number of halogens is 3. The van der Waals surface area contributed by atoms with Crippen LogP contribution in [-0.4, -0.2) is 23.1 Å². The first kappa shape index (κ1) is 17.0. The first-order chi connectivity index (χ1) is 11.5. The van der Waals surface area contributed by atoms with Gasteiger partial charge in [0.25, 0.3) is 0 Å². The summed E-state index contributed by atoms with van der Waals surface area (Å²) in [5.41, 5.74) is 2.12. The van der Waals surface area contributed by atoms with Gasteiger partial charge in [-0.2, -0.15) is 0 Å². The Hall–Kier alpha value is -1.85. The van der Waals surface area contributed by atoms with Crippen LogP contribution in [-0.2, 0) is 19.6 Å². The van der Waals surface area contributed by atoms with Crippen molar-refractivity contribution >= 4 is 0 Å². The van der Waals surface area contributed by atoms with Gasteiger partial charge in [0.2, 0.25) is 0 Å². The maximum atomic E-state index is 13.8. The summed E-state index contributed by atoms with van der Waals surface area (Å²) in [7, 11) is 0. The maximum Gasteiger partial charge on any atom is 0.163 e. The van der Waals surface area contributed by atoms with E-state index in [1.54, 1.807) is 0 Å². The first-order valence-corrected chi connectivity index (χ1v) is 8.09. The molecule has 5 heteroatoms. The topological polar surface area (TPSA) is 23.5 Å². The van der Waals surface area contributed by atoms with Crippen LogP contribution in [0.1, 0.15) is 23.1 Å². The van der Waals surface area contributed by atoms with Crippen LogP contribution in [0.25, 0.3) is 0 Å². The fourth-order valence-corrected chi connectivity index (χ4v) is 3.38. The molecule has 1 saturated heterocycles. The Kier molecular flexibility index (Phi) is 5.21. The zero-order valence-electron chi connectivity index (χ0n) is 13.3. The van der Waals surface area contributed by atoms with Gasteiger partial charge in [-0.25, -0.2) is 13.2 Å². The van der Waals surface area contributed by atoms with Gasteiger partial charge in [-0.15, -0.1) is 0 Å². The molecule has 0 spiro atoms. The summed E-state index contributed by atoms with van der Waals surface area (Å²) in [6, 6.07) is 9.47. The molecule has 0 amide bonds. The lowest BCUT2D eigenvalue weighted by Crippen LogP contribution is -2.21. The smallest absolute Gasteiger partial charge is 0.163 e. The number of aliphatic hydroxyl groups excluding tert-OH is 1. The van der Waals surface area contributed by atoms with E-state index >= 15 is 0 Å². The van der Waals surface area contributed by atoms with Crippen LogP contribution in [0, 0.1) is 23.4 Å². The number of rotatable bonds is 5. The molecular formula is C19H20F3NO. The molecule has 24 heavy (non-hydrogen) atoms. The quantitative estimate of drug-likeness (QED) is 0.843. The Labute approximate surface area is 139 Å². The van der Waals surface area contributed by atoms with E-state index in [4.69, 9.17) is 0 Å². The lowest BCUT2D eigenvalue weighted by atomic mass is 9.97. The number of aliphatic hydroxyl groups is 1. The van der Waals surface area contributed by atoms with Crippen molar-refractivity contribution in [2.75, 3.05) is 13.1 Å². The van der Waals surface area contributed by atoms with Gasteiger partial charge in [-0.3, -0.25) is 4.90 Å². The molecular weight excluding hydrogens is 315 g/mol. The highest BCUT2D eigenvalue weighted by atomic mass is 19.2. The van der Waals surface area contributed by atoms with E-state index < -0.39 is 17.5 Å². The molecule has 1 atom stereocenters. The van der Waals surface area contributed by atoms with Crippen molar-refractivity contribution < 1.29 is 18.3 Å². The second-order valence-corrected chi connectivity index (χ2v) is 6.43. The Morgan fingerprint density at radius 3 is 2.67 bits per heavy atom. The molecule has 0 aliphatic carbocycles. The third kappa shape index (κ3) is 3.97. The van der Waals surface area contributed by atoms with Gasteiger partial charge in [0.15, 0.2) is 11.6 Å². The van der Waals surface area contributed by atoms with E-state index in [2.05, 4.69) is 0 Å². The first-order valence-electron chi connectivity index (χ1n) is 8.09. The summed E-state index contributed by atoms with van der Waals surface area (Å²) in [5, 5.41) is 9.19. The van der Waals surface area contributed by atoms with Gasteiger partial charge in [0.05, 0.1) is 6.61 Å². The lowest BCUT2D eigenvalue weighted by Gasteiger charge is -2.17. The van der Waals surface area contributed by atoms with Crippen molar-refractivity contribution in [1.29, 1.82) is 0 Å². The molecule has 0 radical (unpaired) electrons. The molecule has 0 saturated carbocycles. The Bertz CT molecular complexity index is 720. The minimum atomic E-state index is -1.14. The zero-order valence-corrected chi connectivity index (χ0v) is 13.3. The molecule has 0 bridgehead atoms. The van der Waals surface area contributed by atoms with Gasteiger partial charge >= 0.3 is 0 Å². The molecule has 1 heterocycles. The highest BCUT2D eigenvalue weighted by Gasteiger charge is 2.24. The van der Waals surface area contributed by atoms with Crippen molar-refractivity contribution in [3.05, 3.63) is 70.5 Å². The fourth-order valence-electron chi connectivity index (χ4n) is 3.38. The van der Waals surface area contributed by atoms with E-state index in [-0.39, 0.29) is 18.7 Å². The molecule has 1 aliphatic rings. The van der Waals surface area contributed by atoms with Gasteiger partial charge in [-0.1, -0.05) is 24.3 Å². The van der Waals surface area contributed by atoms with E-state index in [0.717, 1.165) is 43.1 Å². The number of likely N-dealkylation sites (tertiary alicyclic amines) is 1. The van der Waals surface area contributed by atoms with Crippen LogP contribution >= 0.6 is 0 Å². The fraction of sp³-hybridized carbons (Fsp3) is 0.368. The summed E-state index contributed by atoms with van der Waals surface area (Å²) in [6.45, 7) is 1.78. The van der Waals surface area contributed by atoms with Crippen LogP contribution in [0.3, 0.4) is 0 Å². The summed E-state index contributed by atoms with van der Waals surface area (Å²) < 4.78 is 40.3. The maximum absolute atomic E-state index is 13.8. The largest absolute Gasteiger partial charge is 0.392 e. The number of hydrogen-bond donors (Lipinski definition) is 1. The molecule has 1 unspecified atom stereocenters. The predicted octanol–water partition coefficient (Wildman–Crippen LogP) is 3.66. The average molecular weight is 335 g/mol. The van der Waals surface area contributed by atoms with Crippen LogP contribution in [0.2, 0.25) is 0 Å². The van der Waals surface area contributed by atoms with Crippen molar-refractivity contribution in [2.24, 2.45) is 5.92 Å². The summed E-state index contributed by atoms with van der Waals surface area (Å²) >= 11 is 0. The number of benzene rings is 2. The second kappa shape index (κ2) is 7.36. The summed E-state index contributed by atoms with van der Waals surface area (Å²) in [6.07, 6.45) is 1.84. The highest BCUT2D eigenvalue weighted by Crippen LogP contribution is 2.24. The van der Waals surface area contributed by atoms with Gasteiger partial charge < -0.3 is 5.11 Å². The molecule has 2 aromatic carbocycles. The summed E-state index contributed by atoms with van der Waals surface area (Å²) in [4.78, 5) is 2.03. The molecule has 128 valence electrons. The molecule has 3 rings (SSSR count). The molecule has 2 aromatic rings. The van der Waals surface area contributed by atoms with Crippen LogP contribution in [0.4, 0.5) is 13.2 Å². The Morgan fingerprint density at radius 1 is 1.08 bits per heavy atom. The van der Waals surface area contributed by atoms with Gasteiger partial charge in [0, 0.05) is 24.7 Å². The molecule has 2 nitrogen and oxygen atoms in total. The van der Waals surface area contributed by atoms with Gasteiger partial charge in [-0.05, 0) is 42.5 Å². The minimum absolute atomic E-state index is 0.0229. The zero-order chi connectivity index (χ0) is 17.1.